The molecule has 0 bridgehead atoms. The summed E-state index contributed by atoms with van der Waals surface area (Å²) in [5, 5.41) is 26.7. The van der Waals surface area contributed by atoms with E-state index in [0.717, 1.165) is 0 Å². The Morgan fingerprint density at radius 1 is 1.31 bits per heavy atom. The Kier molecular flexibility index (Phi) is 2.65. The van der Waals surface area contributed by atoms with E-state index in [1.807, 2.05) is 0 Å². The molecular formula is C10H9N3O3. The van der Waals surface area contributed by atoms with Gasteiger partial charge in [0.2, 0.25) is 0 Å². The van der Waals surface area contributed by atoms with Gasteiger partial charge in [-0.25, -0.2) is 0 Å². The number of H-pyrrole nitrogens is 1. The highest BCUT2D eigenvalue weighted by molar-refractivity contribution is 5.35. The van der Waals surface area contributed by atoms with Crippen LogP contribution in [0.2, 0.25) is 0 Å². The van der Waals surface area contributed by atoms with Crippen molar-refractivity contribution < 1.29 is 10.0 Å². The summed E-state index contributed by atoms with van der Waals surface area (Å²) in [4.78, 5) is 9.96. The first kappa shape index (κ1) is 10.3. The molecule has 6 nitrogen and oxygen atoms in total. The van der Waals surface area contributed by atoms with Gasteiger partial charge in [-0.05, 0) is 23.8 Å². The van der Waals surface area contributed by atoms with E-state index in [1.165, 1.54) is 30.5 Å². The van der Waals surface area contributed by atoms with Crippen molar-refractivity contribution in [3.05, 3.63) is 57.9 Å². The Morgan fingerprint density at radius 3 is 2.50 bits per heavy atom. The number of hydrogen-bond acceptors (Lipinski definition) is 4. The lowest BCUT2D eigenvalue weighted by Gasteiger charge is -2.07. The Morgan fingerprint density at radius 2 is 2.00 bits per heavy atom. The predicted octanol–water partition coefficient (Wildman–Crippen LogP) is 1.40. The van der Waals surface area contributed by atoms with Crippen LogP contribution in [0.5, 0.6) is 0 Å². The van der Waals surface area contributed by atoms with E-state index in [2.05, 4.69) is 10.2 Å². The van der Waals surface area contributed by atoms with Crippen LogP contribution < -0.4 is 0 Å². The molecule has 2 rings (SSSR count). The third kappa shape index (κ3) is 1.91. The molecule has 0 saturated heterocycles. The maximum atomic E-state index is 10.4. The molecule has 16 heavy (non-hydrogen) atoms. The Balaban J connectivity index is 2.25. The first-order valence-electron chi connectivity index (χ1n) is 4.60. The highest BCUT2D eigenvalue weighted by Gasteiger charge is 2.13. The van der Waals surface area contributed by atoms with Crippen LogP contribution in [-0.4, -0.2) is 20.2 Å². The van der Waals surface area contributed by atoms with E-state index >= 15 is 0 Å². The van der Waals surface area contributed by atoms with E-state index < -0.39 is 11.0 Å². The second-order valence-corrected chi connectivity index (χ2v) is 3.26. The lowest BCUT2D eigenvalue weighted by atomic mass is 10.1. The van der Waals surface area contributed by atoms with Gasteiger partial charge >= 0.3 is 0 Å². The van der Waals surface area contributed by atoms with Crippen LogP contribution in [0.1, 0.15) is 17.4 Å². The van der Waals surface area contributed by atoms with Crippen LogP contribution in [0.4, 0.5) is 5.69 Å². The average molecular weight is 219 g/mol. The van der Waals surface area contributed by atoms with Crippen molar-refractivity contribution in [2.75, 3.05) is 0 Å². The van der Waals surface area contributed by atoms with Crippen molar-refractivity contribution in [1.82, 2.24) is 10.2 Å². The van der Waals surface area contributed by atoms with Crippen LogP contribution in [-0.2, 0) is 0 Å². The van der Waals surface area contributed by atoms with Crippen molar-refractivity contribution >= 4 is 5.69 Å². The minimum absolute atomic E-state index is 0.000519. The Bertz CT molecular complexity index is 479. The number of aliphatic hydroxyl groups is 1. The summed E-state index contributed by atoms with van der Waals surface area (Å²) in [5.41, 5.74) is 1.13. The van der Waals surface area contributed by atoms with E-state index in [4.69, 9.17) is 0 Å². The number of nitro groups is 1. The van der Waals surface area contributed by atoms with E-state index in [-0.39, 0.29) is 5.69 Å². The SMILES string of the molecule is O=[N+]([O-])c1ccc(C(O)c2ccn[nH]2)cc1. The number of hydrogen-bond donors (Lipinski definition) is 2. The van der Waals surface area contributed by atoms with E-state index in [0.29, 0.717) is 11.3 Å². The fourth-order valence-electron chi connectivity index (χ4n) is 1.38. The monoisotopic (exact) mass is 219 g/mol. The minimum atomic E-state index is -0.844. The molecule has 6 heteroatoms. The lowest BCUT2D eigenvalue weighted by Crippen LogP contribution is -2.00. The molecule has 0 saturated carbocycles. The summed E-state index contributed by atoms with van der Waals surface area (Å²) in [6.07, 6.45) is 0.688. The predicted molar refractivity (Wildman–Crippen MR) is 55.7 cm³/mol. The van der Waals surface area contributed by atoms with Crippen LogP contribution in [0.3, 0.4) is 0 Å². The molecule has 0 amide bonds. The normalized spacial score (nSPS) is 12.3. The smallest absolute Gasteiger partial charge is 0.269 e. The minimum Gasteiger partial charge on any atom is -0.382 e. The van der Waals surface area contributed by atoms with Crippen LogP contribution in [0.25, 0.3) is 0 Å². The topological polar surface area (TPSA) is 92.1 Å². The molecule has 0 fully saturated rings. The molecule has 0 aliphatic heterocycles. The van der Waals surface area contributed by atoms with Gasteiger partial charge in [0.05, 0.1) is 10.6 Å². The molecule has 1 aromatic carbocycles. The van der Waals surface area contributed by atoms with Crippen molar-refractivity contribution in [2.45, 2.75) is 6.10 Å². The summed E-state index contributed by atoms with van der Waals surface area (Å²) < 4.78 is 0. The summed E-state index contributed by atoms with van der Waals surface area (Å²) in [5.74, 6) is 0. The molecule has 1 heterocycles. The number of non-ortho nitro benzene ring substituents is 1. The van der Waals surface area contributed by atoms with Crippen molar-refractivity contribution in [3.63, 3.8) is 0 Å². The summed E-state index contributed by atoms with van der Waals surface area (Å²) in [7, 11) is 0. The highest BCUT2D eigenvalue weighted by Crippen LogP contribution is 2.21. The number of aromatic nitrogens is 2. The van der Waals surface area contributed by atoms with Gasteiger partial charge in [0.1, 0.15) is 6.10 Å². The number of rotatable bonds is 3. The van der Waals surface area contributed by atoms with Crippen LogP contribution in [0.15, 0.2) is 36.5 Å². The van der Waals surface area contributed by atoms with Crippen molar-refractivity contribution in [2.24, 2.45) is 0 Å². The van der Waals surface area contributed by atoms with Gasteiger partial charge in [-0.3, -0.25) is 15.2 Å². The summed E-state index contributed by atoms with van der Waals surface area (Å²) in [6, 6.07) is 7.39. The molecule has 1 aromatic heterocycles. The van der Waals surface area contributed by atoms with Gasteiger partial charge in [-0.1, -0.05) is 0 Å². The van der Waals surface area contributed by atoms with Gasteiger partial charge in [-0.2, -0.15) is 5.10 Å². The number of aromatic amines is 1. The zero-order chi connectivity index (χ0) is 11.5. The standard InChI is InChI=1S/C10H9N3O3/c14-10(9-5-6-11-12-9)7-1-3-8(4-2-7)13(15)16/h1-6,10,14H,(H,11,12). The van der Waals surface area contributed by atoms with Crippen LogP contribution >= 0.6 is 0 Å². The third-order valence-corrected chi connectivity index (χ3v) is 2.24. The molecule has 2 aromatic rings. The first-order valence-corrected chi connectivity index (χ1v) is 4.60. The largest absolute Gasteiger partial charge is 0.382 e. The molecule has 0 radical (unpaired) electrons. The first-order chi connectivity index (χ1) is 7.68. The molecule has 1 unspecified atom stereocenters. The van der Waals surface area contributed by atoms with Gasteiger partial charge < -0.3 is 5.11 Å². The third-order valence-electron chi connectivity index (χ3n) is 2.24. The molecule has 2 N–H and O–H groups in total. The molecule has 0 aliphatic rings. The number of aliphatic hydroxyl groups excluding tert-OH is 1. The maximum absolute atomic E-state index is 10.4. The zero-order valence-electron chi connectivity index (χ0n) is 8.20. The number of nitro benzene ring substituents is 1. The second kappa shape index (κ2) is 4.11. The second-order valence-electron chi connectivity index (χ2n) is 3.26. The zero-order valence-corrected chi connectivity index (χ0v) is 8.20. The van der Waals surface area contributed by atoms with E-state index in [9.17, 15) is 15.2 Å². The van der Waals surface area contributed by atoms with Gasteiger partial charge in [0.15, 0.2) is 0 Å². The number of benzene rings is 1. The van der Waals surface area contributed by atoms with Gasteiger partial charge in [0, 0.05) is 18.3 Å². The fourth-order valence-corrected chi connectivity index (χ4v) is 1.38. The summed E-state index contributed by atoms with van der Waals surface area (Å²) >= 11 is 0. The quantitative estimate of drug-likeness (QED) is 0.602. The Labute approximate surface area is 90.7 Å². The molecule has 82 valence electrons. The van der Waals surface area contributed by atoms with Gasteiger partial charge in [-0.15, -0.1) is 0 Å². The molecule has 0 aliphatic carbocycles. The van der Waals surface area contributed by atoms with Crippen molar-refractivity contribution in [3.8, 4) is 0 Å². The van der Waals surface area contributed by atoms with Gasteiger partial charge in [0.25, 0.3) is 5.69 Å². The Hall–Kier alpha value is -2.21. The molecule has 0 spiro atoms. The number of nitrogens with zero attached hydrogens (tertiary/aromatic N) is 2. The average Bonchev–Trinajstić information content (AvgIpc) is 2.81. The molecule has 1 atom stereocenters. The summed E-state index contributed by atoms with van der Waals surface area (Å²) in [6.45, 7) is 0. The van der Waals surface area contributed by atoms with Crippen molar-refractivity contribution in [1.29, 1.82) is 0 Å². The lowest BCUT2D eigenvalue weighted by molar-refractivity contribution is -0.384. The maximum Gasteiger partial charge on any atom is 0.269 e. The fraction of sp³-hybridized carbons (Fsp3) is 0.100. The number of nitrogens with one attached hydrogen (secondary N) is 1. The van der Waals surface area contributed by atoms with Crippen LogP contribution in [0, 0.1) is 10.1 Å². The highest BCUT2D eigenvalue weighted by atomic mass is 16.6. The van der Waals surface area contributed by atoms with E-state index in [1.54, 1.807) is 6.07 Å². The molecular weight excluding hydrogens is 210 g/mol.